The zero-order valence-corrected chi connectivity index (χ0v) is 11.8. The zero-order valence-electron chi connectivity index (χ0n) is 9.47. The first kappa shape index (κ1) is 12.7. The summed E-state index contributed by atoms with van der Waals surface area (Å²) in [6, 6.07) is 3.40. The van der Waals surface area contributed by atoms with Gasteiger partial charge in [-0.2, -0.15) is 0 Å². The summed E-state index contributed by atoms with van der Waals surface area (Å²) in [6.45, 7) is 0. The Morgan fingerprint density at radius 2 is 2.05 bits per heavy atom. The van der Waals surface area contributed by atoms with Crippen LogP contribution >= 0.6 is 35.0 Å². The Balaban J connectivity index is 1.86. The number of nitrogens with zero attached hydrogens (tertiary/aromatic N) is 4. The summed E-state index contributed by atoms with van der Waals surface area (Å²) < 4.78 is 0. The molecule has 0 atom stereocenters. The van der Waals surface area contributed by atoms with Crippen molar-refractivity contribution in [3.63, 3.8) is 0 Å². The molecule has 0 aliphatic carbocycles. The van der Waals surface area contributed by atoms with Gasteiger partial charge in [0.05, 0.1) is 17.0 Å². The molecule has 0 unspecified atom stereocenters. The highest BCUT2D eigenvalue weighted by Gasteiger charge is 2.09. The normalized spacial score (nSPS) is 11.1. The van der Waals surface area contributed by atoms with Crippen LogP contribution in [0.2, 0.25) is 10.2 Å². The van der Waals surface area contributed by atoms with E-state index in [-0.39, 0.29) is 0 Å². The van der Waals surface area contributed by atoms with Crippen molar-refractivity contribution in [1.29, 1.82) is 0 Å². The molecule has 8 heteroatoms. The van der Waals surface area contributed by atoms with E-state index in [1.807, 2.05) is 0 Å². The van der Waals surface area contributed by atoms with Crippen LogP contribution in [0.25, 0.3) is 11.2 Å². The van der Waals surface area contributed by atoms with Gasteiger partial charge in [0, 0.05) is 5.75 Å². The lowest BCUT2D eigenvalue weighted by molar-refractivity contribution is 1.08. The Morgan fingerprint density at radius 3 is 2.95 bits per heavy atom. The van der Waals surface area contributed by atoms with Gasteiger partial charge >= 0.3 is 0 Å². The molecule has 0 spiro atoms. The number of fused-ring (bicyclic) bond motifs is 1. The molecule has 3 aromatic rings. The summed E-state index contributed by atoms with van der Waals surface area (Å²) in [7, 11) is 0. The fourth-order valence-electron chi connectivity index (χ4n) is 1.55. The largest absolute Gasteiger partial charge is 0.341 e. The Kier molecular flexibility index (Phi) is 3.54. The molecule has 96 valence electrons. The van der Waals surface area contributed by atoms with Gasteiger partial charge in [-0.1, -0.05) is 35.0 Å². The standard InChI is InChI=1S/C11H7Cl2N5S/c12-6-1-2-8(13)18-7(6)3-19-11-9-10(15-4-14-9)16-5-17-11/h1-2,4-5H,3H2,(H,14,15,16,17). The molecule has 3 heterocycles. The van der Waals surface area contributed by atoms with Crippen molar-refractivity contribution in [2.24, 2.45) is 0 Å². The Labute approximate surface area is 122 Å². The van der Waals surface area contributed by atoms with E-state index in [1.54, 1.807) is 18.5 Å². The lowest BCUT2D eigenvalue weighted by Crippen LogP contribution is -1.91. The first-order valence-corrected chi connectivity index (χ1v) is 7.06. The van der Waals surface area contributed by atoms with E-state index >= 15 is 0 Å². The van der Waals surface area contributed by atoms with Crippen LogP contribution in [0.15, 0.2) is 29.8 Å². The molecule has 3 aromatic heterocycles. The number of thioether (sulfide) groups is 1. The minimum atomic E-state index is 0.425. The Morgan fingerprint density at radius 1 is 1.16 bits per heavy atom. The molecule has 19 heavy (non-hydrogen) atoms. The van der Waals surface area contributed by atoms with E-state index in [0.29, 0.717) is 21.6 Å². The summed E-state index contributed by atoms with van der Waals surface area (Å²) >= 11 is 13.4. The zero-order chi connectivity index (χ0) is 13.2. The minimum absolute atomic E-state index is 0.425. The van der Waals surface area contributed by atoms with E-state index in [0.717, 1.165) is 16.2 Å². The van der Waals surface area contributed by atoms with Crippen molar-refractivity contribution in [3.8, 4) is 0 Å². The third-order valence-electron chi connectivity index (χ3n) is 2.42. The fraction of sp³-hybridized carbons (Fsp3) is 0.0909. The maximum Gasteiger partial charge on any atom is 0.181 e. The van der Waals surface area contributed by atoms with Crippen LogP contribution in [0.3, 0.4) is 0 Å². The van der Waals surface area contributed by atoms with Crippen molar-refractivity contribution in [1.82, 2.24) is 24.9 Å². The van der Waals surface area contributed by atoms with Crippen molar-refractivity contribution >= 4 is 46.1 Å². The molecule has 0 aliphatic rings. The predicted octanol–water partition coefficient (Wildman–Crippen LogP) is 3.35. The fourth-order valence-corrected chi connectivity index (χ4v) is 2.87. The Bertz CT molecular complexity index is 730. The highest BCUT2D eigenvalue weighted by Crippen LogP contribution is 2.28. The molecule has 3 rings (SSSR count). The molecule has 1 N–H and O–H groups in total. The molecule has 0 bridgehead atoms. The van der Waals surface area contributed by atoms with Crippen LogP contribution in [0.4, 0.5) is 0 Å². The summed E-state index contributed by atoms with van der Waals surface area (Å²) in [5.41, 5.74) is 2.18. The van der Waals surface area contributed by atoms with Gasteiger partial charge in [-0.25, -0.2) is 19.9 Å². The van der Waals surface area contributed by atoms with Crippen LogP contribution in [0, 0.1) is 0 Å². The number of H-pyrrole nitrogens is 1. The van der Waals surface area contributed by atoms with Crippen molar-refractivity contribution in [3.05, 3.63) is 40.7 Å². The molecule has 0 saturated carbocycles. The van der Waals surface area contributed by atoms with E-state index in [2.05, 4.69) is 24.9 Å². The molecular weight excluding hydrogens is 305 g/mol. The van der Waals surface area contributed by atoms with E-state index in [9.17, 15) is 0 Å². The molecule has 0 saturated heterocycles. The van der Waals surface area contributed by atoms with Gasteiger partial charge in [0.2, 0.25) is 0 Å². The molecule has 0 fully saturated rings. The SMILES string of the molecule is Clc1ccc(Cl)c(CSc2ncnc3nc[nH]c23)n1. The van der Waals surface area contributed by atoms with Crippen LogP contribution in [0.5, 0.6) is 0 Å². The van der Waals surface area contributed by atoms with Gasteiger partial charge in [-0.3, -0.25) is 0 Å². The number of aromatic amines is 1. The van der Waals surface area contributed by atoms with Crippen molar-refractivity contribution in [2.75, 3.05) is 0 Å². The quantitative estimate of drug-likeness (QED) is 0.456. The lowest BCUT2D eigenvalue weighted by atomic mass is 10.4. The molecule has 0 radical (unpaired) electrons. The average Bonchev–Trinajstić information content (AvgIpc) is 2.88. The second kappa shape index (κ2) is 5.32. The van der Waals surface area contributed by atoms with Gasteiger partial charge in [0.25, 0.3) is 0 Å². The first-order valence-electron chi connectivity index (χ1n) is 5.32. The summed E-state index contributed by atoms with van der Waals surface area (Å²) in [6.07, 6.45) is 3.08. The van der Waals surface area contributed by atoms with Gasteiger partial charge in [-0.15, -0.1) is 0 Å². The maximum atomic E-state index is 6.07. The summed E-state index contributed by atoms with van der Waals surface area (Å²) in [5.74, 6) is 0.574. The third-order valence-corrected chi connectivity index (χ3v) is 3.97. The monoisotopic (exact) mass is 311 g/mol. The number of halogens is 2. The topological polar surface area (TPSA) is 67.3 Å². The van der Waals surface area contributed by atoms with Crippen LogP contribution < -0.4 is 0 Å². The van der Waals surface area contributed by atoms with Crippen LogP contribution in [-0.2, 0) is 5.75 Å². The van der Waals surface area contributed by atoms with Gasteiger partial charge in [0.15, 0.2) is 5.65 Å². The van der Waals surface area contributed by atoms with Crippen molar-refractivity contribution < 1.29 is 0 Å². The molecule has 5 nitrogen and oxygen atoms in total. The first-order chi connectivity index (χ1) is 9.24. The predicted molar refractivity (Wildman–Crippen MR) is 75.5 cm³/mol. The maximum absolute atomic E-state index is 6.07. The van der Waals surface area contributed by atoms with Crippen LogP contribution in [0.1, 0.15) is 5.69 Å². The summed E-state index contributed by atoms with van der Waals surface area (Å²) in [5, 5.41) is 1.82. The van der Waals surface area contributed by atoms with Gasteiger partial charge < -0.3 is 4.98 Å². The molecular formula is C11H7Cl2N5S. The Hall–Kier alpha value is -1.37. The van der Waals surface area contributed by atoms with Crippen molar-refractivity contribution in [2.45, 2.75) is 10.8 Å². The number of nitrogens with one attached hydrogen (secondary N) is 1. The van der Waals surface area contributed by atoms with E-state index in [1.165, 1.54) is 18.1 Å². The summed E-state index contributed by atoms with van der Waals surface area (Å²) in [4.78, 5) is 19.6. The molecule has 0 amide bonds. The smallest absolute Gasteiger partial charge is 0.181 e. The highest BCUT2D eigenvalue weighted by molar-refractivity contribution is 7.98. The average molecular weight is 312 g/mol. The molecule has 0 aliphatic heterocycles. The number of pyridine rings is 1. The highest BCUT2D eigenvalue weighted by atomic mass is 35.5. The van der Waals surface area contributed by atoms with Gasteiger partial charge in [0.1, 0.15) is 22.0 Å². The number of hydrogen-bond donors (Lipinski definition) is 1. The van der Waals surface area contributed by atoms with Gasteiger partial charge in [-0.05, 0) is 12.1 Å². The van der Waals surface area contributed by atoms with E-state index < -0.39 is 0 Å². The number of imidazole rings is 1. The number of rotatable bonds is 3. The van der Waals surface area contributed by atoms with E-state index in [4.69, 9.17) is 23.2 Å². The van der Waals surface area contributed by atoms with Crippen LogP contribution in [-0.4, -0.2) is 24.9 Å². The number of hydrogen-bond acceptors (Lipinski definition) is 5. The lowest BCUT2D eigenvalue weighted by Gasteiger charge is -2.04. The third kappa shape index (κ3) is 2.65. The molecule has 0 aromatic carbocycles. The number of aromatic nitrogens is 5. The second-order valence-electron chi connectivity index (χ2n) is 3.63. The second-order valence-corrected chi connectivity index (χ2v) is 5.39. The minimum Gasteiger partial charge on any atom is -0.341 e.